The van der Waals surface area contributed by atoms with Crippen LogP contribution in [0.15, 0.2) is 24.3 Å². The molecule has 0 aliphatic rings. The molecule has 0 bridgehead atoms. The van der Waals surface area contributed by atoms with Crippen LogP contribution in [0.2, 0.25) is 0 Å². The van der Waals surface area contributed by atoms with Gasteiger partial charge in [-0.05, 0) is 0 Å². The summed E-state index contributed by atoms with van der Waals surface area (Å²) < 4.78 is 264. The summed E-state index contributed by atoms with van der Waals surface area (Å²) in [6.45, 7) is 0. The highest BCUT2D eigenvalue weighted by Crippen LogP contribution is 2.46. The Bertz CT molecular complexity index is 1180. The average Bonchev–Trinajstić information content (AvgIpc) is 2.65. The SMILES string of the molecule is O=[P+](c1c(OC(F)(F)F)cc(OC(F)(F)F)cc1OC(F)(F)F)c1c(OC(F)(F)F)cc(OC(F)(F)F)cc1OC(F)(F)F. The number of rotatable bonds is 8. The Labute approximate surface area is 228 Å². The van der Waals surface area contributed by atoms with Crippen LogP contribution < -0.4 is 39.0 Å². The van der Waals surface area contributed by atoms with Crippen LogP contribution in [0.25, 0.3) is 0 Å². The quantitative estimate of drug-likeness (QED) is 0.205. The maximum absolute atomic E-state index is 13.3. The second-order valence-corrected chi connectivity index (χ2v) is 8.60. The average molecular weight is 705 g/mol. The summed E-state index contributed by atoms with van der Waals surface area (Å²) in [7, 11) is -4.98. The summed E-state index contributed by atoms with van der Waals surface area (Å²) in [5.41, 5.74) is 0. The van der Waals surface area contributed by atoms with Gasteiger partial charge in [-0.1, -0.05) is 4.57 Å². The van der Waals surface area contributed by atoms with Gasteiger partial charge in [0.15, 0.2) is 23.0 Å². The first-order chi connectivity index (χ1) is 19.4. The second kappa shape index (κ2) is 11.9. The minimum atomic E-state index is -6.15. The first kappa shape index (κ1) is 36.3. The summed E-state index contributed by atoms with van der Waals surface area (Å²) in [5, 5.41) is -4.74. The van der Waals surface area contributed by atoms with E-state index in [-0.39, 0.29) is 0 Å². The molecule has 248 valence electrons. The summed E-state index contributed by atoms with van der Waals surface area (Å²) in [6.07, 6.45) is -36.4. The largest absolute Gasteiger partial charge is 0.573 e. The van der Waals surface area contributed by atoms with Gasteiger partial charge in [-0.2, -0.15) is 0 Å². The van der Waals surface area contributed by atoms with Gasteiger partial charge < -0.3 is 28.4 Å². The Hall–Kier alpha value is -3.92. The normalized spacial score (nSPS) is 13.3. The highest BCUT2D eigenvalue weighted by molar-refractivity contribution is 7.62. The number of hydrogen-bond donors (Lipinski definition) is 0. The van der Waals surface area contributed by atoms with Crippen LogP contribution in [0.1, 0.15) is 0 Å². The Morgan fingerprint density at radius 1 is 0.364 bits per heavy atom. The third-order valence-corrected chi connectivity index (χ3v) is 5.50. The van der Waals surface area contributed by atoms with Crippen molar-refractivity contribution in [1.29, 1.82) is 0 Å². The Kier molecular flexibility index (Phi) is 9.79. The molecule has 0 N–H and O–H groups in total. The van der Waals surface area contributed by atoms with Crippen LogP contribution in [0.4, 0.5) is 79.0 Å². The molecule has 26 heteroatoms. The standard InChI is InChI=1S/C18H4F18O7P/c19-13(20,21)38-5-1-7(40-15(25,26)27)11(8(2-5)41-16(28,29)30)44(37)12-9(42-17(31,32)33)3-6(39-14(22,23)24)4-10(12)43-18(34,35)36/h1-4H/q+1. The molecule has 7 nitrogen and oxygen atoms in total. The highest BCUT2D eigenvalue weighted by atomic mass is 31.1. The fourth-order valence-electron chi connectivity index (χ4n) is 2.82. The van der Waals surface area contributed by atoms with E-state index in [2.05, 4.69) is 28.4 Å². The van der Waals surface area contributed by atoms with Crippen molar-refractivity contribution in [3.63, 3.8) is 0 Å². The Morgan fingerprint density at radius 3 is 0.705 bits per heavy atom. The van der Waals surface area contributed by atoms with Crippen molar-refractivity contribution in [2.75, 3.05) is 0 Å². The number of benzene rings is 2. The van der Waals surface area contributed by atoms with Gasteiger partial charge in [0.25, 0.3) is 10.6 Å². The van der Waals surface area contributed by atoms with E-state index < -0.39 is 115 Å². The van der Waals surface area contributed by atoms with Crippen LogP contribution in [0.5, 0.6) is 34.5 Å². The van der Waals surface area contributed by atoms with Crippen molar-refractivity contribution >= 4 is 18.4 Å². The third-order valence-electron chi connectivity index (χ3n) is 3.80. The van der Waals surface area contributed by atoms with Crippen LogP contribution in [-0.4, -0.2) is 38.2 Å². The van der Waals surface area contributed by atoms with E-state index >= 15 is 0 Å². The van der Waals surface area contributed by atoms with Gasteiger partial charge >= 0.3 is 46.0 Å². The monoisotopic (exact) mass is 705 g/mol. The lowest BCUT2D eigenvalue weighted by atomic mass is 10.3. The summed E-state index contributed by atoms with van der Waals surface area (Å²) in [5.74, 6) is -14.0. The van der Waals surface area contributed by atoms with Gasteiger partial charge in [0.05, 0.1) is 0 Å². The lowest BCUT2D eigenvalue weighted by Crippen LogP contribution is -2.29. The molecule has 0 aliphatic carbocycles. The maximum Gasteiger partial charge on any atom is 0.573 e. The smallest absolute Gasteiger partial charge is 0.406 e. The minimum absolute atomic E-state index is 0.609. The van der Waals surface area contributed by atoms with Crippen molar-refractivity contribution < 1.29 is 112 Å². The topological polar surface area (TPSA) is 72.5 Å². The van der Waals surface area contributed by atoms with E-state index in [1.165, 1.54) is 0 Å². The van der Waals surface area contributed by atoms with Crippen molar-refractivity contribution in [3.8, 4) is 34.5 Å². The van der Waals surface area contributed by atoms with Gasteiger partial charge in [0.1, 0.15) is 11.5 Å². The molecule has 0 fully saturated rings. The lowest BCUT2D eigenvalue weighted by Gasteiger charge is -2.18. The van der Waals surface area contributed by atoms with Crippen LogP contribution in [-0.2, 0) is 4.57 Å². The number of alkyl halides is 18. The maximum atomic E-state index is 13.3. The Balaban J connectivity index is 3.09. The molecule has 0 aliphatic heterocycles. The zero-order valence-corrected chi connectivity index (χ0v) is 20.3. The van der Waals surface area contributed by atoms with E-state index in [0.29, 0.717) is 0 Å². The van der Waals surface area contributed by atoms with Crippen molar-refractivity contribution in [1.82, 2.24) is 0 Å². The molecule has 0 saturated heterocycles. The highest BCUT2D eigenvalue weighted by Gasteiger charge is 2.50. The number of hydrogen-bond acceptors (Lipinski definition) is 7. The van der Waals surface area contributed by atoms with Gasteiger partial charge in [-0.25, -0.2) is 0 Å². The van der Waals surface area contributed by atoms with E-state index in [9.17, 15) is 83.6 Å². The molecule has 0 amide bonds. The molecule has 0 aromatic heterocycles. The zero-order valence-electron chi connectivity index (χ0n) is 19.4. The van der Waals surface area contributed by atoms with E-state index in [0.717, 1.165) is 0 Å². The van der Waals surface area contributed by atoms with E-state index in [1.54, 1.807) is 0 Å². The molecule has 0 atom stereocenters. The molecular formula is C18H4F18O7P+. The van der Waals surface area contributed by atoms with Gasteiger partial charge in [0.2, 0.25) is 0 Å². The summed E-state index contributed by atoms with van der Waals surface area (Å²) in [4.78, 5) is 0. The molecule has 0 saturated carbocycles. The zero-order chi connectivity index (χ0) is 34.3. The van der Waals surface area contributed by atoms with Crippen molar-refractivity contribution in [2.45, 2.75) is 38.2 Å². The Morgan fingerprint density at radius 2 is 0.545 bits per heavy atom. The van der Waals surface area contributed by atoms with Crippen LogP contribution in [0.3, 0.4) is 0 Å². The minimum Gasteiger partial charge on any atom is -0.406 e. The van der Waals surface area contributed by atoms with Gasteiger partial charge in [0, 0.05) is 24.3 Å². The second-order valence-electron chi connectivity index (χ2n) is 7.12. The number of halogens is 18. The molecule has 2 aromatic carbocycles. The fourth-order valence-corrected chi connectivity index (χ4v) is 4.29. The molecule has 0 unspecified atom stereocenters. The van der Waals surface area contributed by atoms with E-state index in [1.807, 2.05) is 0 Å². The summed E-state index contributed by atoms with van der Waals surface area (Å²) >= 11 is 0. The van der Waals surface area contributed by atoms with Crippen LogP contribution >= 0.6 is 7.80 Å². The predicted molar refractivity (Wildman–Crippen MR) is 99.9 cm³/mol. The number of ether oxygens (including phenoxy) is 6. The van der Waals surface area contributed by atoms with Gasteiger partial charge in [-0.15, -0.1) is 79.0 Å². The molecule has 0 heterocycles. The van der Waals surface area contributed by atoms with Crippen molar-refractivity contribution in [2.24, 2.45) is 0 Å². The molecule has 0 radical (unpaired) electrons. The van der Waals surface area contributed by atoms with Crippen LogP contribution in [0, 0.1) is 0 Å². The molecule has 2 rings (SSSR count). The van der Waals surface area contributed by atoms with E-state index in [4.69, 9.17) is 0 Å². The lowest BCUT2D eigenvalue weighted by molar-refractivity contribution is -0.280. The molecule has 0 spiro atoms. The van der Waals surface area contributed by atoms with Crippen molar-refractivity contribution in [3.05, 3.63) is 24.3 Å². The summed E-state index contributed by atoms with van der Waals surface area (Å²) in [6, 6.07) is -2.43. The molecule has 44 heavy (non-hydrogen) atoms. The first-order valence-electron chi connectivity index (χ1n) is 9.79. The third kappa shape index (κ3) is 12.0. The van der Waals surface area contributed by atoms with Gasteiger partial charge in [-0.3, -0.25) is 0 Å². The molecular weight excluding hydrogens is 701 g/mol. The molecule has 2 aromatic rings. The first-order valence-corrected chi connectivity index (χ1v) is 11.0. The predicted octanol–water partition coefficient (Wildman–Crippen LogP) is 7.86. The fraction of sp³-hybridized carbons (Fsp3) is 0.333.